The van der Waals surface area contributed by atoms with Crippen molar-refractivity contribution < 1.29 is 0 Å². The van der Waals surface area contributed by atoms with Crippen molar-refractivity contribution in [2.24, 2.45) is 5.92 Å². The van der Waals surface area contributed by atoms with E-state index in [9.17, 15) is 0 Å². The number of piperidine rings is 1. The molecule has 1 atom stereocenters. The molecule has 2 nitrogen and oxygen atoms in total. The predicted octanol–water partition coefficient (Wildman–Crippen LogP) is 4.52. The van der Waals surface area contributed by atoms with E-state index in [4.69, 9.17) is 0 Å². The average molecular weight is 386 g/mol. The number of anilines is 1. The Bertz CT molecular complexity index is 425. The van der Waals surface area contributed by atoms with Crippen molar-refractivity contribution in [2.45, 2.75) is 46.1 Å². The van der Waals surface area contributed by atoms with Crippen LogP contribution >= 0.6 is 22.6 Å². The van der Waals surface area contributed by atoms with Crippen LogP contribution in [0, 0.1) is 16.4 Å². The van der Waals surface area contributed by atoms with E-state index in [0.717, 1.165) is 5.92 Å². The maximum absolute atomic E-state index is 3.73. The van der Waals surface area contributed by atoms with Gasteiger partial charge in [-0.15, -0.1) is 0 Å². The molecule has 1 aliphatic heterocycles. The summed E-state index contributed by atoms with van der Waals surface area (Å²) in [6.07, 6.45) is 3.94. The van der Waals surface area contributed by atoms with Crippen LogP contribution in [0.15, 0.2) is 18.2 Å². The van der Waals surface area contributed by atoms with E-state index < -0.39 is 0 Å². The minimum atomic E-state index is 0.567. The zero-order chi connectivity index (χ0) is 14.5. The summed E-state index contributed by atoms with van der Waals surface area (Å²) >= 11 is 2.38. The number of rotatable bonds is 5. The van der Waals surface area contributed by atoms with E-state index in [-0.39, 0.29) is 0 Å². The van der Waals surface area contributed by atoms with Gasteiger partial charge in [-0.2, -0.15) is 0 Å². The van der Waals surface area contributed by atoms with Gasteiger partial charge in [-0.3, -0.25) is 0 Å². The third-order valence-corrected chi connectivity index (χ3v) is 5.12. The Labute approximate surface area is 137 Å². The molecular formula is C17H27IN2. The summed E-state index contributed by atoms with van der Waals surface area (Å²) in [5.41, 5.74) is 2.65. The molecule has 0 amide bonds. The number of hydrogen-bond acceptors (Lipinski definition) is 2. The lowest BCUT2D eigenvalue weighted by Gasteiger charge is -2.35. The molecule has 3 heteroatoms. The number of nitrogens with zero attached hydrogens (tertiary/aromatic N) is 1. The van der Waals surface area contributed by atoms with E-state index >= 15 is 0 Å². The molecule has 1 aliphatic rings. The fourth-order valence-corrected chi connectivity index (χ4v) is 3.79. The molecule has 1 fully saturated rings. The first-order valence-corrected chi connectivity index (χ1v) is 8.93. The average Bonchev–Trinajstić information content (AvgIpc) is 2.43. The van der Waals surface area contributed by atoms with Crippen LogP contribution in [-0.4, -0.2) is 30.6 Å². The number of hydrogen-bond donors (Lipinski definition) is 1. The summed E-state index contributed by atoms with van der Waals surface area (Å²) in [6.45, 7) is 10.6. The minimum absolute atomic E-state index is 0.567. The summed E-state index contributed by atoms with van der Waals surface area (Å²) < 4.78 is 1.31. The van der Waals surface area contributed by atoms with Crippen LogP contribution in [0.4, 0.5) is 5.69 Å². The van der Waals surface area contributed by atoms with Crippen molar-refractivity contribution in [3.05, 3.63) is 27.3 Å². The summed E-state index contributed by atoms with van der Waals surface area (Å²) in [6, 6.07) is 7.23. The molecule has 112 valence electrons. The normalized spacial score (nSPS) is 19.0. The van der Waals surface area contributed by atoms with Gasteiger partial charge in [0.25, 0.3) is 0 Å². The van der Waals surface area contributed by atoms with Gasteiger partial charge in [0, 0.05) is 15.3 Å². The molecule has 1 heterocycles. The second kappa shape index (κ2) is 7.64. The zero-order valence-electron chi connectivity index (χ0n) is 13.0. The molecule has 1 N–H and O–H groups in total. The van der Waals surface area contributed by atoms with Crippen LogP contribution in [-0.2, 0) is 0 Å². The van der Waals surface area contributed by atoms with E-state index in [1.165, 1.54) is 53.7 Å². The van der Waals surface area contributed by atoms with Gasteiger partial charge in [0.15, 0.2) is 0 Å². The fourth-order valence-electron chi connectivity index (χ4n) is 3.14. The minimum Gasteiger partial charge on any atom is -0.382 e. The highest BCUT2D eigenvalue weighted by Crippen LogP contribution is 2.25. The second-order valence-corrected chi connectivity index (χ2v) is 7.32. The lowest BCUT2D eigenvalue weighted by atomic mass is 9.90. The lowest BCUT2D eigenvalue weighted by molar-refractivity contribution is 0.176. The smallest absolute Gasteiger partial charge is 0.0372 e. The molecule has 1 aromatic carbocycles. The van der Waals surface area contributed by atoms with Gasteiger partial charge in [-0.1, -0.05) is 6.92 Å². The molecule has 1 aromatic rings. The van der Waals surface area contributed by atoms with Gasteiger partial charge in [0.05, 0.1) is 0 Å². The Kier molecular flexibility index (Phi) is 6.15. The number of likely N-dealkylation sites (tertiary alicyclic amines) is 1. The molecule has 0 radical (unpaired) electrons. The van der Waals surface area contributed by atoms with Crippen LogP contribution in [0.2, 0.25) is 0 Å². The zero-order valence-corrected chi connectivity index (χ0v) is 15.1. The van der Waals surface area contributed by atoms with Gasteiger partial charge < -0.3 is 10.2 Å². The quantitative estimate of drug-likeness (QED) is 0.749. The maximum atomic E-state index is 3.73. The second-order valence-electron chi connectivity index (χ2n) is 6.07. The van der Waals surface area contributed by atoms with E-state index in [1.54, 1.807) is 0 Å². The highest BCUT2D eigenvalue weighted by Gasteiger charge is 2.23. The van der Waals surface area contributed by atoms with E-state index in [0.29, 0.717) is 6.04 Å². The van der Waals surface area contributed by atoms with Gasteiger partial charge in [-0.25, -0.2) is 0 Å². The van der Waals surface area contributed by atoms with Crippen LogP contribution in [0.3, 0.4) is 0 Å². The molecule has 0 spiro atoms. The summed E-state index contributed by atoms with van der Waals surface area (Å²) in [5, 5.41) is 3.73. The Balaban J connectivity index is 1.87. The van der Waals surface area contributed by atoms with Gasteiger partial charge in [0.2, 0.25) is 0 Å². The highest BCUT2D eigenvalue weighted by atomic mass is 127. The van der Waals surface area contributed by atoms with Gasteiger partial charge in [-0.05, 0) is 105 Å². The van der Waals surface area contributed by atoms with Crippen LogP contribution in [0.1, 0.15) is 38.7 Å². The summed E-state index contributed by atoms with van der Waals surface area (Å²) in [4.78, 5) is 2.61. The topological polar surface area (TPSA) is 15.3 Å². The van der Waals surface area contributed by atoms with Crippen molar-refractivity contribution in [1.82, 2.24) is 4.90 Å². The summed E-state index contributed by atoms with van der Waals surface area (Å²) in [7, 11) is 0. The Hall–Kier alpha value is -0.290. The molecule has 0 saturated carbocycles. The van der Waals surface area contributed by atoms with Crippen molar-refractivity contribution in [3.63, 3.8) is 0 Å². The van der Waals surface area contributed by atoms with Crippen LogP contribution in [0.5, 0.6) is 0 Å². The molecule has 0 bridgehead atoms. The Morgan fingerprint density at radius 3 is 2.65 bits per heavy atom. The van der Waals surface area contributed by atoms with Gasteiger partial charge >= 0.3 is 0 Å². The van der Waals surface area contributed by atoms with Crippen molar-refractivity contribution in [2.75, 3.05) is 25.0 Å². The molecular weight excluding hydrogens is 359 g/mol. The Morgan fingerprint density at radius 2 is 2.05 bits per heavy atom. The van der Waals surface area contributed by atoms with Gasteiger partial charge in [0.1, 0.15) is 0 Å². The van der Waals surface area contributed by atoms with E-state index in [1.807, 2.05) is 0 Å². The van der Waals surface area contributed by atoms with Crippen molar-refractivity contribution >= 4 is 28.3 Å². The first kappa shape index (κ1) is 16.1. The molecule has 2 rings (SSSR count). The standard InChI is InChI=1S/C17H27IN2/c1-4-9-20-10-7-15(8-11-20)14(3)19-17-6-5-16(18)12-13(17)2/h5-6,12,14-15,19H,4,7-11H2,1-3H3. The highest BCUT2D eigenvalue weighted by molar-refractivity contribution is 14.1. The number of aryl methyl sites for hydroxylation is 1. The number of nitrogens with one attached hydrogen (secondary N) is 1. The molecule has 1 saturated heterocycles. The maximum Gasteiger partial charge on any atom is 0.0372 e. The first-order chi connectivity index (χ1) is 9.60. The Morgan fingerprint density at radius 1 is 1.35 bits per heavy atom. The number of benzene rings is 1. The van der Waals surface area contributed by atoms with Crippen LogP contribution < -0.4 is 5.32 Å². The van der Waals surface area contributed by atoms with Crippen LogP contribution in [0.25, 0.3) is 0 Å². The largest absolute Gasteiger partial charge is 0.382 e. The molecule has 0 aromatic heterocycles. The third-order valence-electron chi connectivity index (χ3n) is 4.45. The van der Waals surface area contributed by atoms with E-state index in [2.05, 4.69) is 71.8 Å². The number of halogens is 1. The SMILES string of the molecule is CCCN1CCC(C(C)Nc2ccc(I)cc2C)CC1. The molecule has 0 aliphatic carbocycles. The monoisotopic (exact) mass is 386 g/mol. The summed E-state index contributed by atoms with van der Waals surface area (Å²) in [5.74, 6) is 0.807. The molecule has 20 heavy (non-hydrogen) atoms. The first-order valence-electron chi connectivity index (χ1n) is 7.85. The van der Waals surface area contributed by atoms with Crippen molar-refractivity contribution in [1.29, 1.82) is 0 Å². The third kappa shape index (κ3) is 4.35. The molecule has 1 unspecified atom stereocenters. The van der Waals surface area contributed by atoms with Crippen molar-refractivity contribution in [3.8, 4) is 0 Å². The fraction of sp³-hybridized carbons (Fsp3) is 0.647. The lowest BCUT2D eigenvalue weighted by Crippen LogP contribution is -2.39. The predicted molar refractivity (Wildman–Crippen MR) is 96.4 cm³/mol.